The largest absolute Gasteiger partial charge is 0.496 e. The molecule has 0 amide bonds. The van der Waals surface area contributed by atoms with Crippen molar-refractivity contribution < 1.29 is 13.7 Å². The fourth-order valence-electron chi connectivity index (χ4n) is 2.12. The van der Waals surface area contributed by atoms with Crippen molar-refractivity contribution in [2.45, 2.75) is 6.92 Å². The Hall–Kier alpha value is -2.69. The zero-order chi connectivity index (χ0) is 14.8. The van der Waals surface area contributed by atoms with Crippen LogP contribution < -0.4 is 4.74 Å². The van der Waals surface area contributed by atoms with Crippen molar-refractivity contribution in [3.05, 3.63) is 53.8 Å². The molecule has 0 fully saturated rings. The van der Waals surface area contributed by atoms with E-state index in [9.17, 15) is 4.39 Å². The minimum absolute atomic E-state index is 0.300. The fraction of sp³-hybridized carbons (Fsp3) is 0.125. The molecule has 2 aromatic carbocycles. The Morgan fingerprint density at radius 3 is 2.57 bits per heavy atom. The number of methoxy groups -OCH3 is 1. The Morgan fingerprint density at radius 1 is 1.10 bits per heavy atom. The molecule has 0 bridgehead atoms. The molecule has 3 rings (SSSR count). The molecule has 0 saturated carbocycles. The highest BCUT2D eigenvalue weighted by Gasteiger charge is 2.14. The number of halogens is 1. The van der Waals surface area contributed by atoms with E-state index in [4.69, 9.17) is 9.26 Å². The highest BCUT2D eigenvalue weighted by molar-refractivity contribution is 5.64. The van der Waals surface area contributed by atoms with Crippen LogP contribution in [0.5, 0.6) is 5.75 Å². The van der Waals surface area contributed by atoms with Gasteiger partial charge in [0.15, 0.2) is 0 Å². The molecule has 0 radical (unpaired) electrons. The van der Waals surface area contributed by atoms with E-state index in [2.05, 4.69) is 10.1 Å². The number of aromatic nitrogens is 2. The first-order valence-corrected chi connectivity index (χ1v) is 6.42. The van der Waals surface area contributed by atoms with E-state index in [1.54, 1.807) is 19.2 Å². The first-order chi connectivity index (χ1) is 10.2. The smallest absolute Gasteiger partial charge is 0.258 e. The third kappa shape index (κ3) is 2.50. The number of hydrogen-bond donors (Lipinski definition) is 0. The zero-order valence-electron chi connectivity index (χ0n) is 11.6. The van der Waals surface area contributed by atoms with E-state index in [-0.39, 0.29) is 5.82 Å². The molecule has 106 valence electrons. The molecule has 0 unspecified atom stereocenters. The minimum atomic E-state index is -0.300. The second kappa shape index (κ2) is 5.36. The van der Waals surface area contributed by atoms with E-state index in [0.29, 0.717) is 17.3 Å². The average molecular weight is 284 g/mol. The zero-order valence-corrected chi connectivity index (χ0v) is 11.6. The molecule has 0 aliphatic heterocycles. The summed E-state index contributed by atoms with van der Waals surface area (Å²) >= 11 is 0. The summed E-state index contributed by atoms with van der Waals surface area (Å²) in [6, 6.07) is 11.6. The van der Waals surface area contributed by atoms with Crippen LogP contribution in [-0.4, -0.2) is 17.3 Å². The van der Waals surface area contributed by atoms with Crippen LogP contribution in [0.3, 0.4) is 0 Å². The van der Waals surface area contributed by atoms with Gasteiger partial charge in [-0.3, -0.25) is 0 Å². The normalized spacial score (nSPS) is 10.6. The minimum Gasteiger partial charge on any atom is -0.496 e. The summed E-state index contributed by atoms with van der Waals surface area (Å²) in [6.07, 6.45) is 0. The van der Waals surface area contributed by atoms with Gasteiger partial charge >= 0.3 is 0 Å². The third-order valence-electron chi connectivity index (χ3n) is 3.26. The summed E-state index contributed by atoms with van der Waals surface area (Å²) in [7, 11) is 1.61. The van der Waals surface area contributed by atoms with Crippen molar-refractivity contribution in [3.8, 4) is 28.6 Å². The highest BCUT2D eigenvalue weighted by Crippen LogP contribution is 2.30. The van der Waals surface area contributed by atoms with Gasteiger partial charge in [-0.2, -0.15) is 4.98 Å². The van der Waals surface area contributed by atoms with Gasteiger partial charge in [0.2, 0.25) is 5.82 Å². The molecular weight excluding hydrogens is 271 g/mol. The molecule has 0 spiro atoms. The van der Waals surface area contributed by atoms with Gasteiger partial charge in [-0.15, -0.1) is 0 Å². The van der Waals surface area contributed by atoms with Crippen molar-refractivity contribution in [2.75, 3.05) is 7.11 Å². The highest BCUT2D eigenvalue weighted by atomic mass is 19.1. The van der Waals surface area contributed by atoms with Gasteiger partial charge in [0.05, 0.1) is 7.11 Å². The topological polar surface area (TPSA) is 48.2 Å². The van der Waals surface area contributed by atoms with Crippen molar-refractivity contribution in [1.29, 1.82) is 0 Å². The monoisotopic (exact) mass is 284 g/mol. The first-order valence-electron chi connectivity index (χ1n) is 6.42. The molecular formula is C16H13FN2O2. The van der Waals surface area contributed by atoms with Crippen molar-refractivity contribution in [3.63, 3.8) is 0 Å². The Balaban J connectivity index is 2.00. The van der Waals surface area contributed by atoms with Gasteiger partial charge in [0, 0.05) is 16.7 Å². The predicted molar refractivity (Wildman–Crippen MR) is 76.4 cm³/mol. The average Bonchev–Trinajstić information content (AvgIpc) is 2.98. The van der Waals surface area contributed by atoms with Gasteiger partial charge in [0.25, 0.3) is 5.89 Å². The lowest BCUT2D eigenvalue weighted by atomic mass is 10.1. The van der Waals surface area contributed by atoms with Crippen molar-refractivity contribution >= 4 is 0 Å². The van der Waals surface area contributed by atoms with Crippen LogP contribution in [-0.2, 0) is 0 Å². The Bertz CT molecular complexity index is 766. The predicted octanol–water partition coefficient (Wildman–Crippen LogP) is 3.86. The standard InChI is InChI=1S/C16H13FN2O2/c1-10-13(4-3-5-14(10)20-2)16-18-15(19-21-16)11-6-8-12(17)9-7-11/h3-9H,1-2H3. The van der Waals surface area contributed by atoms with Crippen LogP contribution >= 0.6 is 0 Å². The van der Waals surface area contributed by atoms with Gasteiger partial charge in [0.1, 0.15) is 11.6 Å². The van der Waals surface area contributed by atoms with Gasteiger partial charge < -0.3 is 9.26 Å². The van der Waals surface area contributed by atoms with E-state index in [1.165, 1.54) is 12.1 Å². The number of rotatable bonds is 3. The Labute approximate surface area is 121 Å². The fourth-order valence-corrected chi connectivity index (χ4v) is 2.12. The van der Waals surface area contributed by atoms with Crippen molar-refractivity contribution in [1.82, 2.24) is 10.1 Å². The van der Waals surface area contributed by atoms with Gasteiger partial charge in [-0.25, -0.2) is 4.39 Å². The lowest BCUT2D eigenvalue weighted by Gasteiger charge is -2.06. The summed E-state index contributed by atoms with van der Waals surface area (Å²) in [5.74, 6) is 1.29. The lowest BCUT2D eigenvalue weighted by molar-refractivity contribution is 0.410. The Kier molecular flexibility index (Phi) is 3.39. The molecule has 3 aromatic rings. The summed E-state index contributed by atoms with van der Waals surface area (Å²) in [4.78, 5) is 4.36. The van der Waals surface area contributed by atoms with E-state index < -0.39 is 0 Å². The number of hydrogen-bond acceptors (Lipinski definition) is 4. The number of ether oxygens (including phenoxy) is 1. The van der Waals surface area contributed by atoms with Crippen LogP contribution in [0.25, 0.3) is 22.8 Å². The molecule has 1 heterocycles. The Morgan fingerprint density at radius 2 is 1.86 bits per heavy atom. The first kappa shape index (κ1) is 13.3. The summed E-state index contributed by atoms with van der Waals surface area (Å²) in [5.41, 5.74) is 2.44. The summed E-state index contributed by atoms with van der Waals surface area (Å²) in [5, 5.41) is 3.94. The summed E-state index contributed by atoms with van der Waals surface area (Å²) in [6.45, 7) is 1.93. The third-order valence-corrected chi connectivity index (χ3v) is 3.26. The molecule has 0 atom stereocenters. The van der Waals surface area contributed by atoms with E-state index >= 15 is 0 Å². The second-order valence-electron chi connectivity index (χ2n) is 4.56. The van der Waals surface area contributed by atoms with Crippen LogP contribution in [0.15, 0.2) is 47.0 Å². The van der Waals surface area contributed by atoms with Crippen LogP contribution in [0.4, 0.5) is 4.39 Å². The van der Waals surface area contributed by atoms with E-state index in [0.717, 1.165) is 16.9 Å². The molecule has 0 N–H and O–H groups in total. The maximum atomic E-state index is 12.9. The lowest BCUT2D eigenvalue weighted by Crippen LogP contribution is -1.90. The maximum Gasteiger partial charge on any atom is 0.258 e. The molecule has 4 nitrogen and oxygen atoms in total. The van der Waals surface area contributed by atoms with Gasteiger partial charge in [-0.05, 0) is 43.3 Å². The molecule has 0 aliphatic carbocycles. The van der Waals surface area contributed by atoms with Crippen LogP contribution in [0.2, 0.25) is 0 Å². The number of benzene rings is 2. The molecule has 0 saturated heterocycles. The van der Waals surface area contributed by atoms with Gasteiger partial charge in [-0.1, -0.05) is 11.2 Å². The SMILES string of the molecule is COc1cccc(-c2nc(-c3ccc(F)cc3)no2)c1C. The molecule has 1 aromatic heterocycles. The summed E-state index contributed by atoms with van der Waals surface area (Å²) < 4.78 is 23.5. The quantitative estimate of drug-likeness (QED) is 0.732. The second-order valence-corrected chi connectivity index (χ2v) is 4.56. The van der Waals surface area contributed by atoms with E-state index in [1.807, 2.05) is 25.1 Å². The molecule has 0 aliphatic rings. The molecule has 21 heavy (non-hydrogen) atoms. The molecule has 5 heteroatoms. The number of nitrogens with zero attached hydrogens (tertiary/aromatic N) is 2. The van der Waals surface area contributed by atoms with Crippen LogP contribution in [0.1, 0.15) is 5.56 Å². The van der Waals surface area contributed by atoms with Crippen LogP contribution in [0, 0.1) is 12.7 Å². The van der Waals surface area contributed by atoms with Crippen molar-refractivity contribution in [2.24, 2.45) is 0 Å². The maximum absolute atomic E-state index is 12.9.